The fourth-order valence-corrected chi connectivity index (χ4v) is 4.09. The molecule has 2 aromatic carbocycles. The molecule has 16 heteroatoms. The van der Waals surface area contributed by atoms with E-state index >= 15 is 0 Å². The number of anilines is 2. The number of hydrogen-bond acceptors (Lipinski definition) is 10. The Morgan fingerprint density at radius 1 is 0.789 bits per heavy atom. The van der Waals surface area contributed by atoms with Crippen LogP contribution in [-0.4, -0.2) is 53.4 Å². The van der Waals surface area contributed by atoms with Crippen LogP contribution in [0.15, 0.2) is 24.3 Å². The number of benzene rings is 2. The van der Waals surface area contributed by atoms with Gasteiger partial charge in [-0.3, -0.25) is 0 Å². The van der Waals surface area contributed by atoms with Gasteiger partial charge in [0.15, 0.2) is 34.5 Å². The lowest BCUT2D eigenvalue weighted by Crippen LogP contribution is -2.04. The fraction of sp³-hybridized carbons (Fsp3) is 0.182. The molecule has 0 atom stereocenters. The van der Waals surface area contributed by atoms with Crippen molar-refractivity contribution in [2.45, 2.75) is 11.8 Å². The molecular weight excluding hydrogens is 545 g/mol. The maximum atomic E-state index is 13.7. The Bertz CT molecular complexity index is 1840. The van der Waals surface area contributed by atoms with Crippen LogP contribution in [0.2, 0.25) is 0 Å². The molecule has 0 amide bonds. The van der Waals surface area contributed by atoms with Crippen molar-refractivity contribution in [3.63, 3.8) is 0 Å². The second-order valence-corrected chi connectivity index (χ2v) is 8.25. The second-order valence-electron chi connectivity index (χ2n) is 7.72. The van der Waals surface area contributed by atoms with Crippen LogP contribution in [0, 0.1) is 11.6 Å². The Hall–Kier alpha value is -4.30. The largest absolute Gasteiger partial charge is 0.494 e. The first kappa shape index (κ1) is 25.4. The minimum atomic E-state index is -0.511. The molecule has 6 aromatic rings. The van der Waals surface area contributed by atoms with E-state index in [4.69, 9.17) is 44.1 Å². The summed E-state index contributed by atoms with van der Waals surface area (Å²) in [6.45, 7) is 0. The highest BCUT2D eigenvalue weighted by atomic mass is 35.5. The Balaban J connectivity index is 0.000000155. The van der Waals surface area contributed by atoms with Gasteiger partial charge in [0.25, 0.3) is 0 Å². The third kappa shape index (κ3) is 4.16. The molecule has 0 aliphatic heterocycles. The average Bonchev–Trinajstić information content (AvgIpc) is 3.55. The van der Waals surface area contributed by atoms with Crippen LogP contribution in [0.3, 0.4) is 0 Å². The van der Waals surface area contributed by atoms with E-state index in [-0.39, 0.29) is 29.4 Å². The Morgan fingerprint density at radius 2 is 1.37 bits per heavy atom. The average molecular weight is 563 g/mol. The Kier molecular flexibility index (Phi) is 6.59. The van der Waals surface area contributed by atoms with Crippen LogP contribution in [-0.2, 0) is 11.8 Å². The molecule has 4 aromatic heterocycles. The molecule has 4 N–H and O–H groups in total. The van der Waals surface area contributed by atoms with Crippen LogP contribution >= 0.6 is 23.2 Å². The lowest BCUT2D eigenvalue weighted by molar-refractivity contribution is 0.391. The lowest BCUT2D eigenvalue weighted by atomic mass is 10.2. The molecule has 0 saturated heterocycles. The highest BCUT2D eigenvalue weighted by molar-refractivity contribution is 6.17. The summed E-state index contributed by atoms with van der Waals surface area (Å²) in [5.41, 5.74) is 13.2. The first-order valence-corrected chi connectivity index (χ1v) is 11.8. The molecule has 196 valence electrons. The third-order valence-corrected chi connectivity index (χ3v) is 5.93. The minimum absolute atomic E-state index is 0.0297. The molecule has 0 aliphatic rings. The number of alkyl halides is 2. The maximum Gasteiger partial charge on any atom is 0.223 e. The fourth-order valence-electron chi connectivity index (χ4n) is 3.86. The summed E-state index contributed by atoms with van der Waals surface area (Å²) in [5, 5.41) is 9.26. The smallest absolute Gasteiger partial charge is 0.223 e. The summed E-state index contributed by atoms with van der Waals surface area (Å²) < 4.78 is 40.1. The topological polar surface area (TPSA) is 157 Å². The number of halogens is 4. The number of ether oxygens (including phenoxy) is 2. The normalized spacial score (nSPS) is 11.3. The van der Waals surface area contributed by atoms with Crippen molar-refractivity contribution < 1.29 is 18.3 Å². The van der Waals surface area contributed by atoms with Crippen molar-refractivity contribution >= 4 is 68.2 Å². The van der Waals surface area contributed by atoms with Crippen molar-refractivity contribution in [3.8, 4) is 11.5 Å². The number of nitrogens with zero attached hydrogens (tertiary/aromatic N) is 8. The summed E-state index contributed by atoms with van der Waals surface area (Å²) in [7, 11) is 2.80. The molecule has 12 nitrogen and oxygen atoms in total. The number of aromatic nitrogens is 8. The molecule has 0 fully saturated rings. The van der Waals surface area contributed by atoms with E-state index in [1.54, 1.807) is 6.07 Å². The summed E-state index contributed by atoms with van der Waals surface area (Å²) in [6, 6.07) is 5.39. The van der Waals surface area contributed by atoms with Crippen molar-refractivity contribution in [2.75, 3.05) is 25.7 Å². The Morgan fingerprint density at radius 3 is 1.92 bits per heavy atom. The van der Waals surface area contributed by atoms with Gasteiger partial charge in [0.2, 0.25) is 11.9 Å². The highest BCUT2D eigenvalue weighted by Crippen LogP contribution is 2.31. The zero-order valence-electron chi connectivity index (χ0n) is 19.8. The van der Waals surface area contributed by atoms with Crippen LogP contribution in [0.1, 0.15) is 11.6 Å². The van der Waals surface area contributed by atoms with E-state index in [1.807, 2.05) is 0 Å². The second kappa shape index (κ2) is 9.87. The van der Waals surface area contributed by atoms with Gasteiger partial charge in [0.05, 0.1) is 31.4 Å². The molecule has 4 heterocycles. The third-order valence-electron chi connectivity index (χ3n) is 5.46. The predicted octanol–water partition coefficient (Wildman–Crippen LogP) is 3.49. The van der Waals surface area contributed by atoms with Crippen molar-refractivity contribution in [1.29, 1.82) is 0 Å². The van der Waals surface area contributed by atoms with Crippen molar-refractivity contribution in [1.82, 2.24) is 39.2 Å². The molecule has 38 heavy (non-hydrogen) atoms. The van der Waals surface area contributed by atoms with Gasteiger partial charge in [0, 0.05) is 11.5 Å². The van der Waals surface area contributed by atoms with Crippen molar-refractivity contribution in [3.05, 3.63) is 47.5 Å². The number of nitrogens with two attached hydrogens (primary N) is 2. The van der Waals surface area contributed by atoms with E-state index in [0.29, 0.717) is 50.5 Å². The highest BCUT2D eigenvalue weighted by Gasteiger charge is 2.17. The standard InChI is InChI=1S/2C11H9ClFN5O/c1-19-7-3-5(13)2-6-9(7)16-11(14)18-10(6)15-8(4-12)17-18;1-19-9-6(13)3-2-5-8(9)16-11(14)18-10(5)15-7(4-12)17-18/h2*2-3H,4H2,1H3,(H2,14,16). The molecule has 0 aliphatic carbocycles. The summed E-state index contributed by atoms with van der Waals surface area (Å²) in [5.74, 6) is 0.692. The zero-order chi connectivity index (χ0) is 27.1. The molecule has 0 unspecified atom stereocenters. The first-order chi connectivity index (χ1) is 18.3. The quantitative estimate of drug-likeness (QED) is 0.304. The molecule has 0 saturated carbocycles. The molecule has 6 rings (SSSR count). The van der Waals surface area contributed by atoms with Gasteiger partial charge in [-0.25, -0.2) is 28.7 Å². The van der Waals surface area contributed by atoms with Crippen molar-refractivity contribution in [2.24, 2.45) is 0 Å². The number of hydrogen-bond donors (Lipinski definition) is 2. The van der Waals surface area contributed by atoms with E-state index in [0.717, 1.165) is 0 Å². The number of nitrogen functional groups attached to an aromatic ring is 2. The monoisotopic (exact) mass is 562 g/mol. The molecular formula is C22H18Cl2F2N10O2. The van der Waals surface area contributed by atoms with E-state index in [1.165, 1.54) is 41.4 Å². The van der Waals surface area contributed by atoms with Gasteiger partial charge < -0.3 is 20.9 Å². The summed E-state index contributed by atoms with van der Waals surface area (Å²) in [4.78, 5) is 16.7. The summed E-state index contributed by atoms with van der Waals surface area (Å²) in [6.07, 6.45) is 0. The van der Waals surface area contributed by atoms with Crippen LogP contribution in [0.5, 0.6) is 11.5 Å². The van der Waals surface area contributed by atoms with Gasteiger partial charge in [0.1, 0.15) is 22.6 Å². The van der Waals surface area contributed by atoms with Crippen LogP contribution < -0.4 is 20.9 Å². The molecule has 0 radical (unpaired) electrons. The van der Waals surface area contributed by atoms with E-state index < -0.39 is 11.6 Å². The van der Waals surface area contributed by atoms with Gasteiger partial charge in [-0.15, -0.1) is 33.4 Å². The van der Waals surface area contributed by atoms with Gasteiger partial charge in [-0.1, -0.05) is 0 Å². The SMILES string of the molecule is COc1c(F)ccc2c1nc(N)n1nc(CCl)nc21.COc1cc(F)cc2c1nc(N)n1nc(CCl)nc21. The Labute approximate surface area is 222 Å². The zero-order valence-corrected chi connectivity index (χ0v) is 21.3. The van der Waals surface area contributed by atoms with Crippen LogP contribution in [0.25, 0.3) is 33.1 Å². The molecule has 0 spiro atoms. The van der Waals surface area contributed by atoms with Gasteiger partial charge in [-0.05, 0) is 18.2 Å². The maximum absolute atomic E-state index is 13.7. The summed E-state index contributed by atoms with van der Waals surface area (Å²) >= 11 is 11.4. The first-order valence-electron chi connectivity index (χ1n) is 10.8. The lowest BCUT2D eigenvalue weighted by Gasteiger charge is -2.07. The molecule has 0 bridgehead atoms. The van der Waals surface area contributed by atoms with E-state index in [2.05, 4.69) is 30.1 Å². The van der Waals surface area contributed by atoms with Gasteiger partial charge >= 0.3 is 0 Å². The predicted molar refractivity (Wildman–Crippen MR) is 138 cm³/mol. The minimum Gasteiger partial charge on any atom is -0.494 e. The number of methoxy groups -OCH3 is 2. The van der Waals surface area contributed by atoms with Gasteiger partial charge in [-0.2, -0.15) is 9.03 Å². The van der Waals surface area contributed by atoms with Crippen LogP contribution in [0.4, 0.5) is 20.7 Å². The van der Waals surface area contributed by atoms with E-state index in [9.17, 15) is 8.78 Å². The number of fused-ring (bicyclic) bond motifs is 6. The number of rotatable bonds is 4.